The first-order valence-electron chi connectivity index (χ1n) is 7.55. The highest BCUT2D eigenvalue weighted by Gasteiger charge is 2.24. The van der Waals surface area contributed by atoms with Gasteiger partial charge in [0, 0.05) is 25.2 Å². The van der Waals surface area contributed by atoms with Gasteiger partial charge >= 0.3 is 0 Å². The molecule has 1 aromatic heterocycles. The third-order valence-corrected chi connectivity index (χ3v) is 3.94. The van der Waals surface area contributed by atoms with Crippen molar-refractivity contribution in [2.75, 3.05) is 20.1 Å². The van der Waals surface area contributed by atoms with Crippen molar-refractivity contribution >= 4 is 18.3 Å². The molecule has 0 atom stereocenters. The standard InChI is InChI=1S/C17H20N2O3.ClH/c1-18-13-9-11-19(12-10-13)17(20)15-7-8-16(22-15)21-14-5-3-2-4-6-14;/h2-8,13,18H,9-12H2,1H3;1H. The van der Waals surface area contributed by atoms with Gasteiger partial charge in [-0.2, -0.15) is 0 Å². The lowest BCUT2D eigenvalue weighted by molar-refractivity contribution is 0.0670. The van der Waals surface area contributed by atoms with Gasteiger partial charge in [0.1, 0.15) is 5.75 Å². The number of rotatable bonds is 4. The van der Waals surface area contributed by atoms with Gasteiger partial charge in [-0.05, 0) is 38.1 Å². The van der Waals surface area contributed by atoms with Crippen LogP contribution < -0.4 is 10.1 Å². The van der Waals surface area contributed by atoms with Crippen LogP contribution in [-0.2, 0) is 0 Å². The number of furan rings is 1. The van der Waals surface area contributed by atoms with E-state index in [1.807, 2.05) is 42.3 Å². The third-order valence-electron chi connectivity index (χ3n) is 3.94. The van der Waals surface area contributed by atoms with Gasteiger partial charge in [0.05, 0.1) is 0 Å². The molecule has 2 aromatic rings. The Labute approximate surface area is 142 Å². The number of benzene rings is 1. The highest BCUT2D eigenvalue weighted by Crippen LogP contribution is 2.24. The summed E-state index contributed by atoms with van der Waals surface area (Å²) < 4.78 is 11.1. The zero-order valence-electron chi connectivity index (χ0n) is 13.0. The predicted octanol–water partition coefficient (Wildman–Crippen LogP) is 3.32. The van der Waals surface area contributed by atoms with Crippen LogP contribution in [0.5, 0.6) is 11.7 Å². The first kappa shape index (κ1) is 17.4. The van der Waals surface area contributed by atoms with Crippen LogP contribution in [0.25, 0.3) is 0 Å². The Balaban J connectivity index is 0.00000192. The first-order valence-corrected chi connectivity index (χ1v) is 7.55. The SMILES string of the molecule is CNC1CCN(C(=O)c2ccc(Oc3ccccc3)o2)CC1.Cl. The maximum absolute atomic E-state index is 12.4. The molecule has 1 aliphatic heterocycles. The maximum atomic E-state index is 12.4. The molecule has 1 fully saturated rings. The Hall–Kier alpha value is -1.98. The topological polar surface area (TPSA) is 54.7 Å². The van der Waals surface area contributed by atoms with E-state index in [0.717, 1.165) is 25.9 Å². The number of para-hydroxylation sites is 1. The molecule has 0 spiro atoms. The number of nitrogens with zero attached hydrogens (tertiary/aromatic N) is 1. The van der Waals surface area contributed by atoms with E-state index in [0.29, 0.717) is 23.5 Å². The second-order valence-electron chi connectivity index (χ2n) is 5.39. The molecule has 23 heavy (non-hydrogen) atoms. The Morgan fingerprint density at radius 3 is 2.52 bits per heavy atom. The van der Waals surface area contributed by atoms with Gasteiger partial charge in [0.15, 0.2) is 5.76 Å². The minimum atomic E-state index is -0.0718. The minimum absolute atomic E-state index is 0. The second kappa shape index (κ2) is 8.04. The van der Waals surface area contributed by atoms with Gasteiger partial charge < -0.3 is 19.4 Å². The normalized spacial score (nSPS) is 15.1. The molecule has 1 N–H and O–H groups in total. The Kier molecular flexibility index (Phi) is 6.07. The van der Waals surface area contributed by atoms with Crippen LogP contribution in [0.3, 0.4) is 0 Å². The number of ether oxygens (including phenoxy) is 1. The summed E-state index contributed by atoms with van der Waals surface area (Å²) in [6.07, 6.45) is 1.94. The Morgan fingerprint density at radius 1 is 1.17 bits per heavy atom. The number of halogens is 1. The molecule has 0 saturated carbocycles. The molecule has 124 valence electrons. The number of likely N-dealkylation sites (tertiary alicyclic amines) is 1. The van der Waals surface area contributed by atoms with E-state index in [4.69, 9.17) is 9.15 Å². The largest absolute Gasteiger partial charge is 0.426 e. The number of amides is 1. The van der Waals surface area contributed by atoms with Crippen LogP contribution >= 0.6 is 12.4 Å². The average Bonchev–Trinajstić information content (AvgIpc) is 3.04. The van der Waals surface area contributed by atoms with Crippen LogP contribution in [0.2, 0.25) is 0 Å². The molecular formula is C17H21ClN2O3. The van der Waals surface area contributed by atoms with E-state index in [1.165, 1.54) is 0 Å². The van der Waals surface area contributed by atoms with Crippen LogP contribution in [-0.4, -0.2) is 37.0 Å². The highest BCUT2D eigenvalue weighted by atomic mass is 35.5. The summed E-state index contributed by atoms with van der Waals surface area (Å²) in [4.78, 5) is 14.2. The van der Waals surface area contributed by atoms with Crippen molar-refractivity contribution in [3.05, 3.63) is 48.2 Å². The number of carbonyl (C=O) groups excluding carboxylic acids is 1. The Morgan fingerprint density at radius 2 is 1.87 bits per heavy atom. The predicted molar refractivity (Wildman–Crippen MR) is 90.5 cm³/mol. The lowest BCUT2D eigenvalue weighted by Gasteiger charge is -2.31. The summed E-state index contributed by atoms with van der Waals surface area (Å²) >= 11 is 0. The molecule has 1 amide bonds. The van der Waals surface area contributed by atoms with Crippen LogP contribution in [0.1, 0.15) is 23.4 Å². The molecule has 0 unspecified atom stereocenters. The van der Waals surface area contributed by atoms with Crippen molar-refractivity contribution in [1.29, 1.82) is 0 Å². The van der Waals surface area contributed by atoms with E-state index in [-0.39, 0.29) is 18.3 Å². The van der Waals surface area contributed by atoms with Gasteiger partial charge in [-0.3, -0.25) is 4.79 Å². The van der Waals surface area contributed by atoms with E-state index in [9.17, 15) is 4.79 Å². The number of hydrogen-bond donors (Lipinski definition) is 1. The zero-order chi connectivity index (χ0) is 15.4. The summed E-state index contributed by atoms with van der Waals surface area (Å²) in [5, 5.41) is 3.25. The van der Waals surface area contributed by atoms with Crippen molar-refractivity contribution in [3.8, 4) is 11.7 Å². The van der Waals surface area contributed by atoms with E-state index in [1.54, 1.807) is 12.1 Å². The molecular weight excluding hydrogens is 316 g/mol. The summed E-state index contributed by atoms with van der Waals surface area (Å²) in [6.45, 7) is 1.50. The quantitative estimate of drug-likeness (QED) is 0.930. The van der Waals surface area contributed by atoms with E-state index in [2.05, 4.69) is 5.32 Å². The summed E-state index contributed by atoms with van der Waals surface area (Å²) in [7, 11) is 1.96. The molecule has 2 heterocycles. The number of hydrogen-bond acceptors (Lipinski definition) is 4. The lowest BCUT2D eigenvalue weighted by atomic mass is 10.1. The summed E-state index contributed by atoms with van der Waals surface area (Å²) in [5.74, 6) is 1.27. The number of carbonyl (C=O) groups is 1. The minimum Gasteiger partial charge on any atom is -0.426 e. The molecule has 6 heteroatoms. The lowest BCUT2D eigenvalue weighted by Crippen LogP contribution is -2.43. The van der Waals surface area contributed by atoms with Crippen molar-refractivity contribution in [2.45, 2.75) is 18.9 Å². The Bertz CT molecular complexity index is 622. The van der Waals surface area contributed by atoms with Crippen LogP contribution in [0.15, 0.2) is 46.9 Å². The first-order chi connectivity index (χ1) is 10.8. The fourth-order valence-electron chi connectivity index (χ4n) is 2.62. The van der Waals surface area contributed by atoms with Gasteiger partial charge in [0.2, 0.25) is 0 Å². The van der Waals surface area contributed by atoms with Gasteiger partial charge in [0.25, 0.3) is 11.9 Å². The molecule has 0 radical (unpaired) electrons. The summed E-state index contributed by atoms with van der Waals surface area (Å²) in [6, 6.07) is 13.2. The van der Waals surface area contributed by atoms with Crippen molar-refractivity contribution < 1.29 is 13.9 Å². The van der Waals surface area contributed by atoms with Gasteiger partial charge in [-0.15, -0.1) is 12.4 Å². The smallest absolute Gasteiger partial charge is 0.290 e. The average molecular weight is 337 g/mol. The second-order valence-corrected chi connectivity index (χ2v) is 5.39. The number of nitrogens with one attached hydrogen (secondary N) is 1. The molecule has 0 bridgehead atoms. The van der Waals surface area contributed by atoms with Crippen molar-refractivity contribution in [1.82, 2.24) is 10.2 Å². The highest BCUT2D eigenvalue weighted by molar-refractivity contribution is 5.91. The van der Waals surface area contributed by atoms with Gasteiger partial charge in [-0.25, -0.2) is 0 Å². The fourth-order valence-corrected chi connectivity index (χ4v) is 2.62. The third kappa shape index (κ3) is 4.27. The summed E-state index contributed by atoms with van der Waals surface area (Å²) in [5.41, 5.74) is 0. The zero-order valence-corrected chi connectivity index (χ0v) is 13.8. The molecule has 5 nitrogen and oxygen atoms in total. The molecule has 1 saturated heterocycles. The number of piperidine rings is 1. The van der Waals surface area contributed by atoms with E-state index >= 15 is 0 Å². The van der Waals surface area contributed by atoms with Crippen LogP contribution in [0.4, 0.5) is 0 Å². The molecule has 1 aliphatic rings. The van der Waals surface area contributed by atoms with Crippen molar-refractivity contribution in [2.24, 2.45) is 0 Å². The molecule has 1 aromatic carbocycles. The molecule has 3 rings (SSSR count). The van der Waals surface area contributed by atoms with E-state index < -0.39 is 0 Å². The van der Waals surface area contributed by atoms with Crippen LogP contribution in [0, 0.1) is 0 Å². The molecule has 0 aliphatic carbocycles. The maximum Gasteiger partial charge on any atom is 0.290 e. The van der Waals surface area contributed by atoms with Gasteiger partial charge in [-0.1, -0.05) is 18.2 Å². The van der Waals surface area contributed by atoms with Crippen molar-refractivity contribution in [3.63, 3.8) is 0 Å². The monoisotopic (exact) mass is 336 g/mol. The fraction of sp³-hybridized carbons (Fsp3) is 0.353.